The normalized spacial score (nSPS) is 10.5. The van der Waals surface area contributed by atoms with Crippen molar-refractivity contribution in [2.45, 2.75) is 19.9 Å². The van der Waals surface area contributed by atoms with Gasteiger partial charge in [0.1, 0.15) is 0 Å². The van der Waals surface area contributed by atoms with Gasteiger partial charge in [0.2, 0.25) is 11.8 Å². The minimum Gasteiger partial charge on any atom is -0.352 e. The van der Waals surface area contributed by atoms with Crippen LogP contribution >= 0.6 is 11.3 Å². The molecule has 122 valence electrons. The molecule has 5 nitrogen and oxygen atoms in total. The van der Waals surface area contributed by atoms with E-state index in [0.29, 0.717) is 18.1 Å². The summed E-state index contributed by atoms with van der Waals surface area (Å²) in [4.78, 5) is 27.5. The lowest BCUT2D eigenvalue weighted by molar-refractivity contribution is -0.120. The zero-order valence-corrected chi connectivity index (χ0v) is 14.0. The average molecular weight is 339 g/mol. The van der Waals surface area contributed by atoms with Gasteiger partial charge in [0, 0.05) is 13.5 Å². The quantitative estimate of drug-likeness (QED) is 0.750. The molecule has 0 bridgehead atoms. The monoisotopic (exact) mass is 339 g/mol. The molecule has 2 amide bonds. The number of hydrogen-bond acceptors (Lipinski definition) is 4. The van der Waals surface area contributed by atoms with Crippen molar-refractivity contribution in [3.63, 3.8) is 0 Å². The summed E-state index contributed by atoms with van der Waals surface area (Å²) in [5.41, 5.74) is 2.81. The number of rotatable bonds is 5. The highest BCUT2D eigenvalue weighted by Crippen LogP contribution is 2.26. The molecular formula is C18H17N3O2S. The lowest BCUT2D eigenvalue weighted by Gasteiger charge is -2.05. The summed E-state index contributed by atoms with van der Waals surface area (Å²) in [7, 11) is 0. The highest BCUT2D eigenvalue weighted by molar-refractivity contribution is 7.22. The summed E-state index contributed by atoms with van der Waals surface area (Å²) in [5, 5.41) is 6.17. The van der Waals surface area contributed by atoms with Gasteiger partial charge in [-0.3, -0.25) is 9.59 Å². The summed E-state index contributed by atoms with van der Waals surface area (Å²) < 4.78 is 0.951. The number of benzene rings is 2. The Bertz CT molecular complexity index is 874. The fourth-order valence-electron chi connectivity index (χ4n) is 2.33. The van der Waals surface area contributed by atoms with Gasteiger partial charge in [-0.25, -0.2) is 4.98 Å². The van der Waals surface area contributed by atoms with E-state index in [-0.39, 0.29) is 11.8 Å². The highest BCUT2D eigenvalue weighted by atomic mass is 32.1. The second-order valence-electron chi connectivity index (χ2n) is 5.44. The standard InChI is InChI=1S/C18H17N3O2S/c1-12(22)20-18-21-15-8-7-14(9-16(15)24-18)10-17(23)19-11-13-5-3-2-4-6-13/h2-9H,10-11H2,1H3,(H,19,23)(H,20,21,22). The molecule has 2 N–H and O–H groups in total. The van der Waals surface area contributed by atoms with Crippen molar-refractivity contribution in [2.75, 3.05) is 5.32 Å². The van der Waals surface area contributed by atoms with Crippen LogP contribution in [-0.4, -0.2) is 16.8 Å². The zero-order chi connectivity index (χ0) is 16.9. The van der Waals surface area contributed by atoms with Gasteiger partial charge in [0.15, 0.2) is 5.13 Å². The first-order chi connectivity index (χ1) is 11.6. The molecule has 3 aromatic rings. The molecule has 3 rings (SSSR count). The number of nitrogens with zero attached hydrogens (tertiary/aromatic N) is 1. The fourth-order valence-corrected chi connectivity index (χ4v) is 3.30. The van der Waals surface area contributed by atoms with Crippen LogP contribution in [0.3, 0.4) is 0 Å². The third-order valence-corrected chi connectivity index (χ3v) is 4.37. The Morgan fingerprint density at radius 2 is 1.88 bits per heavy atom. The average Bonchev–Trinajstić information content (AvgIpc) is 2.94. The Morgan fingerprint density at radius 1 is 1.08 bits per heavy atom. The van der Waals surface area contributed by atoms with E-state index in [2.05, 4.69) is 15.6 Å². The van der Waals surface area contributed by atoms with E-state index in [4.69, 9.17) is 0 Å². The molecule has 2 aromatic carbocycles. The van der Waals surface area contributed by atoms with Gasteiger partial charge in [-0.2, -0.15) is 0 Å². The predicted molar refractivity (Wildman–Crippen MR) is 95.9 cm³/mol. The maximum absolute atomic E-state index is 12.1. The first-order valence-corrected chi connectivity index (χ1v) is 8.39. The topological polar surface area (TPSA) is 71.1 Å². The maximum atomic E-state index is 12.1. The maximum Gasteiger partial charge on any atom is 0.224 e. The van der Waals surface area contributed by atoms with E-state index in [0.717, 1.165) is 21.3 Å². The van der Waals surface area contributed by atoms with Gasteiger partial charge in [-0.05, 0) is 23.3 Å². The van der Waals surface area contributed by atoms with Crippen molar-refractivity contribution < 1.29 is 9.59 Å². The van der Waals surface area contributed by atoms with E-state index in [1.807, 2.05) is 48.5 Å². The summed E-state index contributed by atoms with van der Waals surface area (Å²) in [6, 6.07) is 15.5. The molecule has 0 saturated carbocycles. The smallest absolute Gasteiger partial charge is 0.224 e. The Morgan fingerprint density at radius 3 is 2.62 bits per heavy atom. The Balaban J connectivity index is 1.64. The second kappa shape index (κ2) is 7.23. The number of carbonyl (C=O) groups excluding carboxylic acids is 2. The molecule has 0 saturated heterocycles. The third-order valence-electron chi connectivity index (χ3n) is 3.43. The molecule has 0 fully saturated rings. The van der Waals surface area contributed by atoms with Crippen LogP contribution in [0.2, 0.25) is 0 Å². The van der Waals surface area contributed by atoms with Crippen molar-refractivity contribution in [3.8, 4) is 0 Å². The predicted octanol–water partition coefficient (Wildman–Crippen LogP) is 3.11. The minimum absolute atomic E-state index is 0.0233. The van der Waals surface area contributed by atoms with Crippen LogP contribution in [0.25, 0.3) is 10.2 Å². The molecule has 24 heavy (non-hydrogen) atoms. The SMILES string of the molecule is CC(=O)Nc1nc2ccc(CC(=O)NCc3ccccc3)cc2s1. The molecule has 0 radical (unpaired) electrons. The van der Waals surface area contributed by atoms with Crippen molar-refractivity contribution in [2.24, 2.45) is 0 Å². The van der Waals surface area contributed by atoms with Gasteiger partial charge >= 0.3 is 0 Å². The molecule has 0 spiro atoms. The van der Waals surface area contributed by atoms with Crippen LogP contribution in [0, 0.1) is 0 Å². The number of thiazole rings is 1. The van der Waals surface area contributed by atoms with E-state index in [1.165, 1.54) is 18.3 Å². The van der Waals surface area contributed by atoms with E-state index < -0.39 is 0 Å². The first kappa shape index (κ1) is 16.1. The van der Waals surface area contributed by atoms with Crippen LogP contribution < -0.4 is 10.6 Å². The summed E-state index contributed by atoms with van der Waals surface area (Å²) in [5.74, 6) is -0.167. The van der Waals surface area contributed by atoms with Crippen molar-refractivity contribution in [1.82, 2.24) is 10.3 Å². The van der Waals surface area contributed by atoms with Gasteiger partial charge in [0.25, 0.3) is 0 Å². The van der Waals surface area contributed by atoms with Gasteiger partial charge in [-0.1, -0.05) is 47.7 Å². The van der Waals surface area contributed by atoms with Crippen LogP contribution in [0.1, 0.15) is 18.1 Å². The molecule has 6 heteroatoms. The fraction of sp³-hybridized carbons (Fsp3) is 0.167. The molecule has 0 aliphatic carbocycles. The molecule has 0 unspecified atom stereocenters. The number of carbonyl (C=O) groups is 2. The number of nitrogens with one attached hydrogen (secondary N) is 2. The molecule has 1 aromatic heterocycles. The Labute approximate surface area is 143 Å². The van der Waals surface area contributed by atoms with E-state index in [1.54, 1.807) is 0 Å². The number of anilines is 1. The van der Waals surface area contributed by atoms with Crippen LogP contribution in [0.4, 0.5) is 5.13 Å². The molecule has 0 aliphatic rings. The summed E-state index contributed by atoms with van der Waals surface area (Å²) >= 11 is 1.40. The van der Waals surface area contributed by atoms with Crippen molar-refractivity contribution in [1.29, 1.82) is 0 Å². The second-order valence-corrected chi connectivity index (χ2v) is 6.47. The molecule has 0 atom stereocenters. The summed E-state index contributed by atoms with van der Waals surface area (Å²) in [6.45, 7) is 1.98. The van der Waals surface area contributed by atoms with Gasteiger partial charge in [-0.15, -0.1) is 0 Å². The van der Waals surface area contributed by atoms with Crippen LogP contribution in [0.5, 0.6) is 0 Å². The van der Waals surface area contributed by atoms with Gasteiger partial charge in [0.05, 0.1) is 16.6 Å². The minimum atomic E-state index is -0.144. The molecule has 1 heterocycles. The van der Waals surface area contributed by atoms with Crippen LogP contribution in [0.15, 0.2) is 48.5 Å². The first-order valence-electron chi connectivity index (χ1n) is 7.58. The Hall–Kier alpha value is -2.73. The van der Waals surface area contributed by atoms with E-state index in [9.17, 15) is 9.59 Å². The lowest BCUT2D eigenvalue weighted by atomic mass is 10.1. The third kappa shape index (κ3) is 4.17. The number of aromatic nitrogens is 1. The molecular weight excluding hydrogens is 322 g/mol. The lowest BCUT2D eigenvalue weighted by Crippen LogP contribution is -2.24. The highest BCUT2D eigenvalue weighted by Gasteiger charge is 2.08. The number of amides is 2. The molecule has 0 aliphatic heterocycles. The number of fused-ring (bicyclic) bond motifs is 1. The number of hydrogen-bond donors (Lipinski definition) is 2. The largest absolute Gasteiger partial charge is 0.352 e. The zero-order valence-electron chi connectivity index (χ0n) is 13.2. The van der Waals surface area contributed by atoms with Crippen LogP contribution in [-0.2, 0) is 22.6 Å². The van der Waals surface area contributed by atoms with Gasteiger partial charge < -0.3 is 10.6 Å². The van der Waals surface area contributed by atoms with Crippen molar-refractivity contribution >= 4 is 38.5 Å². The van der Waals surface area contributed by atoms with E-state index >= 15 is 0 Å². The summed E-state index contributed by atoms with van der Waals surface area (Å²) in [6.07, 6.45) is 0.316. The Kier molecular flexibility index (Phi) is 4.86. The van der Waals surface area contributed by atoms with Crippen molar-refractivity contribution in [3.05, 3.63) is 59.7 Å².